The van der Waals surface area contributed by atoms with Gasteiger partial charge in [-0.1, -0.05) is 30.3 Å². The average molecular weight is 374 g/mol. The van der Waals surface area contributed by atoms with E-state index in [0.717, 1.165) is 5.56 Å². The summed E-state index contributed by atoms with van der Waals surface area (Å²) in [5, 5.41) is 11.4. The van der Waals surface area contributed by atoms with E-state index >= 15 is 0 Å². The molecule has 0 bridgehead atoms. The predicted molar refractivity (Wildman–Crippen MR) is 88.8 cm³/mol. The Kier molecular flexibility index (Phi) is 4.68. The molecule has 8 heteroatoms. The molecule has 2 unspecified atom stereocenters. The molecule has 0 aliphatic carbocycles. The van der Waals surface area contributed by atoms with E-state index in [1.165, 1.54) is 6.92 Å². The number of nitrogens with two attached hydrogens (primary N) is 1. The maximum Gasteiger partial charge on any atom is 1.00 e. The monoisotopic (exact) mass is 374 g/mol. The standard InChI is InChI=1S/C19H16N2O5.Na/c1-18(19(26-18,16(20)23)17(24)25)12-6-8-13(9-7-12)21-10-11-4-2-3-5-14(11)15(21)22;/h2-9H,10H2,1H3,(H2,20,23)(H,24,25);/q;+1/p-1. The number of carboxylic acids is 1. The van der Waals surface area contributed by atoms with Crippen molar-refractivity contribution in [3.8, 4) is 0 Å². The van der Waals surface area contributed by atoms with Gasteiger partial charge in [-0.3, -0.25) is 9.59 Å². The molecule has 2 N–H and O–H groups in total. The fourth-order valence-electron chi connectivity index (χ4n) is 3.59. The predicted octanol–water partition coefficient (Wildman–Crippen LogP) is -2.93. The Hall–Kier alpha value is -2.19. The second-order valence-corrected chi connectivity index (χ2v) is 6.56. The first-order valence-corrected chi connectivity index (χ1v) is 8.03. The summed E-state index contributed by atoms with van der Waals surface area (Å²) >= 11 is 0. The number of rotatable bonds is 4. The zero-order valence-electron chi connectivity index (χ0n) is 14.9. The first-order valence-electron chi connectivity index (χ1n) is 8.03. The van der Waals surface area contributed by atoms with Crippen molar-refractivity contribution in [3.63, 3.8) is 0 Å². The number of nitrogens with zero attached hydrogens (tertiary/aromatic N) is 1. The number of carbonyl (C=O) groups excluding carboxylic acids is 3. The molecule has 1 fully saturated rings. The fraction of sp³-hybridized carbons (Fsp3) is 0.211. The van der Waals surface area contributed by atoms with E-state index in [9.17, 15) is 19.5 Å². The van der Waals surface area contributed by atoms with E-state index in [1.807, 2.05) is 18.2 Å². The third kappa shape index (κ3) is 2.62. The number of ether oxygens (including phenoxy) is 1. The van der Waals surface area contributed by atoms with Gasteiger partial charge in [0.2, 0.25) is 5.60 Å². The zero-order valence-corrected chi connectivity index (χ0v) is 16.9. The summed E-state index contributed by atoms with van der Waals surface area (Å²) in [6.07, 6.45) is 0. The van der Waals surface area contributed by atoms with Crippen LogP contribution in [0.1, 0.15) is 28.4 Å². The fourth-order valence-corrected chi connectivity index (χ4v) is 3.59. The van der Waals surface area contributed by atoms with Crippen molar-refractivity contribution in [2.24, 2.45) is 5.73 Å². The first kappa shape index (κ1) is 19.6. The van der Waals surface area contributed by atoms with E-state index in [0.29, 0.717) is 23.4 Å². The number of aliphatic carboxylic acids is 1. The van der Waals surface area contributed by atoms with Crippen LogP contribution in [0.15, 0.2) is 48.5 Å². The molecule has 2 aromatic carbocycles. The smallest absolute Gasteiger partial charge is 0.546 e. The van der Waals surface area contributed by atoms with Gasteiger partial charge in [-0.05, 0) is 36.2 Å². The summed E-state index contributed by atoms with van der Waals surface area (Å²) in [6.45, 7) is 1.94. The third-order valence-electron chi connectivity index (χ3n) is 5.17. The summed E-state index contributed by atoms with van der Waals surface area (Å²) in [6, 6.07) is 14.0. The van der Waals surface area contributed by atoms with Crippen LogP contribution >= 0.6 is 0 Å². The van der Waals surface area contributed by atoms with Gasteiger partial charge < -0.3 is 25.3 Å². The Morgan fingerprint density at radius 3 is 2.30 bits per heavy atom. The van der Waals surface area contributed by atoms with Crippen molar-refractivity contribution in [2.75, 3.05) is 4.90 Å². The van der Waals surface area contributed by atoms with Crippen molar-refractivity contribution in [1.82, 2.24) is 0 Å². The van der Waals surface area contributed by atoms with Gasteiger partial charge in [-0.15, -0.1) is 0 Å². The van der Waals surface area contributed by atoms with Gasteiger partial charge in [-0.2, -0.15) is 0 Å². The molecule has 0 spiro atoms. The molecule has 132 valence electrons. The van der Waals surface area contributed by atoms with E-state index in [2.05, 4.69) is 0 Å². The van der Waals surface area contributed by atoms with Gasteiger partial charge >= 0.3 is 29.6 Å². The molecule has 2 aliphatic heterocycles. The van der Waals surface area contributed by atoms with Crippen molar-refractivity contribution in [1.29, 1.82) is 0 Å². The quantitative estimate of drug-likeness (QED) is 0.349. The number of epoxide rings is 1. The Morgan fingerprint density at radius 1 is 1.15 bits per heavy atom. The molecule has 2 atom stereocenters. The molecular formula is C19H15N2NaO5. The van der Waals surface area contributed by atoms with Crippen LogP contribution in [0.3, 0.4) is 0 Å². The van der Waals surface area contributed by atoms with Crippen LogP contribution < -0.4 is 45.3 Å². The van der Waals surface area contributed by atoms with Crippen LogP contribution in [0, 0.1) is 0 Å². The van der Waals surface area contributed by atoms with Crippen molar-refractivity contribution in [2.45, 2.75) is 24.7 Å². The Labute approximate surface area is 177 Å². The number of benzene rings is 2. The molecule has 0 aromatic heterocycles. The zero-order chi connectivity index (χ0) is 18.7. The van der Waals surface area contributed by atoms with Gasteiger partial charge in [0.05, 0.1) is 12.5 Å². The summed E-state index contributed by atoms with van der Waals surface area (Å²) in [7, 11) is 0. The molecule has 2 aliphatic rings. The maximum atomic E-state index is 12.5. The van der Waals surface area contributed by atoms with E-state index in [4.69, 9.17) is 10.5 Å². The van der Waals surface area contributed by atoms with Crippen LogP contribution in [0.4, 0.5) is 5.69 Å². The molecule has 0 saturated carbocycles. The summed E-state index contributed by atoms with van der Waals surface area (Å²) < 4.78 is 5.22. The minimum atomic E-state index is -2.17. The van der Waals surface area contributed by atoms with Gasteiger partial charge in [0.1, 0.15) is 5.60 Å². The van der Waals surface area contributed by atoms with Crippen LogP contribution in [-0.2, 0) is 26.5 Å². The van der Waals surface area contributed by atoms with Gasteiger partial charge in [0.15, 0.2) is 0 Å². The molecular weight excluding hydrogens is 359 g/mol. The Morgan fingerprint density at radius 2 is 1.78 bits per heavy atom. The van der Waals surface area contributed by atoms with E-state index in [-0.39, 0.29) is 35.5 Å². The minimum absolute atomic E-state index is 0. The summed E-state index contributed by atoms with van der Waals surface area (Å²) in [4.78, 5) is 37.1. The van der Waals surface area contributed by atoms with Crippen molar-refractivity contribution < 1.29 is 53.8 Å². The molecule has 7 nitrogen and oxygen atoms in total. The topological polar surface area (TPSA) is 116 Å². The normalized spacial score (nSPS) is 25.5. The summed E-state index contributed by atoms with van der Waals surface area (Å²) in [5.74, 6) is -2.86. The molecule has 1 saturated heterocycles. The van der Waals surface area contributed by atoms with Crippen molar-refractivity contribution in [3.05, 3.63) is 65.2 Å². The molecule has 2 amide bonds. The van der Waals surface area contributed by atoms with Crippen LogP contribution in [0.25, 0.3) is 0 Å². The number of fused-ring (bicyclic) bond motifs is 1. The summed E-state index contributed by atoms with van der Waals surface area (Å²) in [5.41, 5.74) is 4.38. The first-order chi connectivity index (χ1) is 12.3. The number of primary amides is 1. The number of anilines is 1. The molecule has 27 heavy (non-hydrogen) atoms. The third-order valence-corrected chi connectivity index (χ3v) is 5.17. The van der Waals surface area contributed by atoms with Gasteiger partial charge in [-0.25, -0.2) is 0 Å². The number of amides is 2. The minimum Gasteiger partial charge on any atom is -0.546 e. The largest absolute Gasteiger partial charge is 1.00 e. The number of hydrogen-bond donors (Lipinski definition) is 1. The van der Waals surface area contributed by atoms with E-state index < -0.39 is 23.1 Å². The molecule has 4 rings (SSSR count). The molecule has 2 aromatic rings. The second kappa shape index (κ2) is 6.45. The number of carboxylic acid groups (broad SMARTS) is 1. The van der Waals surface area contributed by atoms with Crippen LogP contribution in [-0.4, -0.2) is 23.4 Å². The SMILES string of the molecule is CC1(c2ccc(N3Cc4ccccc4C3=O)cc2)OC1(C(N)=O)C(=O)[O-].[Na+]. The Balaban J connectivity index is 0.00000210. The van der Waals surface area contributed by atoms with Gasteiger partial charge in [0.25, 0.3) is 11.8 Å². The van der Waals surface area contributed by atoms with Gasteiger partial charge in [0, 0.05) is 11.3 Å². The Bertz CT molecular complexity index is 945. The van der Waals surface area contributed by atoms with Crippen molar-refractivity contribution >= 4 is 23.5 Å². The average Bonchev–Trinajstić information content (AvgIpc) is 3.17. The number of hydrogen-bond acceptors (Lipinski definition) is 5. The molecule has 2 heterocycles. The van der Waals surface area contributed by atoms with Crippen LogP contribution in [0.5, 0.6) is 0 Å². The maximum absolute atomic E-state index is 12.5. The van der Waals surface area contributed by atoms with Crippen LogP contribution in [0.2, 0.25) is 0 Å². The second-order valence-electron chi connectivity index (χ2n) is 6.56. The number of carbonyl (C=O) groups is 3. The molecule has 0 radical (unpaired) electrons. The van der Waals surface area contributed by atoms with E-state index in [1.54, 1.807) is 35.2 Å².